The number of hydrogen-bond acceptors (Lipinski definition) is 5. The second-order valence-electron chi connectivity index (χ2n) is 7.79. The first-order chi connectivity index (χ1) is 12.9. The third-order valence-electron chi connectivity index (χ3n) is 5.41. The first-order valence-corrected chi connectivity index (χ1v) is 9.55. The summed E-state index contributed by atoms with van der Waals surface area (Å²) >= 11 is 0. The normalized spacial score (nSPS) is 14.9. The monoisotopic (exact) mass is 371 g/mol. The van der Waals surface area contributed by atoms with E-state index in [1.54, 1.807) is 4.68 Å². The maximum absolute atomic E-state index is 12.6. The lowest BCUT2D eigenvalue weighted by molar-refractivity contribution is 0.0905. The summed E-state index contributed by atoms with van der Waals surface area (Å²) in [6, 6.07) is 6.16. The number of amides is 1. The Morgan fingerprint density at radius 3 is 2.85 bits per heavy atom. The van der Waals surface area contributed by atoms with E-state index in [-0.39, 0.29) is 18.1 Å². The van der Waals surface area contributed by atoms with Gasteiger partial charge in [-0.25, -0.2) is 4.68 Å². The Bertz CT molecular complexity index is 828. The van der Waals surface area contributed by atoms with Crippen molar-refractivity contribution in [2.45, 2.75) is 52.6 Å². The van der Waals surface area contributed by atoms with Gasteiger partial charge in [-0.3, -0.25) is 9.69 Å². The smallest absolute Gasteiger partial charge is 0.274 e. The summed E-state index contributed by atoms with van der Waals surface area (Å²) in [5.74, 6) is -0.190. The average molecular weight is 371 g/mol. The number of aliphatic hydroxyl groups is 1. The van der Waals surface area contributed by atoms with Crippen molar-refractivity contribution in [1.29, 1.82) is 0 Å². The lowest BCUT2D eigenvalue weighted by Gasteiger charge is -2.29. The Balaban J connectivity index is 1.90. The van der Waals surface area contributed by atoms with E-state index in [0.717, 1.165) is 37.3 Å². The molecule has 2 aromatic rings. The number of β-amino-alcohol motifs (C(OH)–C–C–N with tert-alkyl or cyclic N) is 1. The van der Waals surface area contributed by atoms with Crippen molar-refractivity contribution in [2.75, 3.05) is 19.7 Å². The number of rotatable bonds is 6. The minimum Gasteiger partial charge on any atom is -0.395 e. The van der Waals surface area contributed by atoms with Crippen molar-refractivity contribution < 1.29 is 9.90 Å². The quantitative estimate of drug-likeness (QED) is 0.810. The van der Waals surface area contributed by atoms with Crippen LogP contribution in [0.15, 0.2) is 18.2 Å². The molecule has 1 aromatic heterocycles. The predicted octanol–water partition coefficient (Wildman–Crippen LogP) is 1.84. The van der Waals surface area contributed by atoms with Gasteiger partial charge in [0.15, 0.2) is 5.69 Å². The highest BCUT2D eigenvalue weighted by molar-refractivity contribution is 5.93. The highest BCUT2D eigenvalue weighted by Gasteiger charge is 2.25. The minimum atomic E-state index is -0.282. The minimum absolute atomic E-state index is 0.170. The zero-order valence-corrected chi connectivity index (χ0v) is 16.6. The molecule has 0 spiro atoms. The van der Waals surface area contributed by atoms with Gasteiger partial charge in [-0.2, -0.15) is 0 Å². The molecule has 0 atom stereocenters. The Kier molecular flexibility index (Phi) is 5.62. The van der Waals surface area contributed by atoms with Crippen molar-refractivity contribution in [1.82, 2.24) is 25.2 Å². The second kappa shape index (κ2) is 7.78. The molecule has 0 unspecified atom stereocenters. The number of fused-ring (bicyclic) bond motifs is 1. The fraction of sp³-hybridized carbons (Fsp3) is 0.550. The van der Waals surface area contributed by atoms with Gasteiger partial charge in [0, 0.05) is 25.2 Å². The molecule has 146 valence electrons. The molecule has 7 heteroatoms. The van der Waals surface area contributed by atoms with E-state index >= 15 is 0 Å². The zero-order valence-electron chi connectivity index (χ0n) is 16.6. The fourth-order valence-electron chi connectivity index (χ4n) is 3.40. The lowest BCUT2D eigenvalue weighted by atomic mass is 9.97. The Labute approximate surface area is 160 Å². The average Bonchev–Trinajstić information content (AvgIpc) is 3.02. The topological polar surface area (TPSA) is 83.3 Å². The molecule has 3 rings (SSSR count). The van der Waals surface area contributed by atoms with Crippen LogP contribution in [0.25, 0.3) is 5.69 Å². The van der Waals surface area contributed by atoms with Gasteiger partial charge < -0.3 is 10.4 Å². The number of hydrogen-bond donors (Lipinski definition) is 2. The van der Waals surface area contributed by atoms with Crippen LogP contribution in [0.3, 0.4) is 0 Å². The van der Waals surface area contributed by atoms with Crippen LogP contribution < -0.4 is 5.32 Å². The molecule has 0 radical (unpaired) electrons. The zero-order chi connectivity index (χ0) is 19.6. The van der Waals surface area contributed by atoms with Crippen LogP contribution in [-0.2, 0) is 13.0 Å². The van der Waals surface area contributed by atoms with Gasteiger partial charge in [-0.05, 0) is 50.8 Å². The van der Waals surface area contributed by atoms with Crippen molar-refractivity contribution in [3.05, 3.63) is 40.7 Å². The number of nitrogens with one attached hydrogen (secondary N) is 1. The molecule has 1 aliphatic heterocycles. The molecular formula is C20H29N5O2. The number of carbonyl (C=O) groups excluding carboxylic acids is 1. The van der Waals surface area contributed by atoms with Gasteiger partial charge >= 0.3 is 0 Å². The van der Waals surface area contributed by atoms with Crippen molar-refractivity contribution in [3.63, 3.8) is 0 Å². The summed E-state index contributed by atoms with van der Waals surface area (Å²) in [7, 11) is 0. The first kappa shape index (κ1) is 19.5. The van der Waals surface area contributed by atoms with Gasteiger partial charge in [0.2, 0.25) is 0 Å². The third-order valence-corrected chi connectivity index (χ3v) is 5.41. The van der Waals surface area contributed by atoms with Crippen LogP contribution in [0, 0.1) is 6.92 Å². The molecule has 1 aliphatic rings. The van der Waals surface area contributed by atoms with E-state index < -0.39 is 0 Å². The molecule has 1 amide bonds. The summed E-state index contributed by atoms with van der Waals surface area (Å²) in [4.78, 5) is 14.9. The number of nitrogens with zero attached hydrogens (tertiary/aromatic N) is 4. The first-order valence-electron chi connectivity index (χ1n) is 9.55. The molecule has 0 fully saturated rings. The third kappa shape index (κ3) is 4.04. The van der Waals surface area contributed by atoms with E-state index in [1.807, 2.05) is 39.8 Å². The van der Waals surface area contributed by atoms with Crippen LogP contribution in [0.4, 0.5) is 0 Å². The molecule has 0 bridgehead atoms. The Hall–Kier alpha value is -2.25. The molecule has 0 aliphatic carbocycles. The maximum Gasteiger partial charge on any atom is 0.274 e. The van der Waals surface area contributed by atoms with Crippen molar-refractivity contribution in [2.24, 2.45) is 0 Å². The standard InChI is InChI=1S/C20H29N5O2/c1-5-20(3,4)21-19(27)18-14(2)25(23-22-18)17-8-6-7-15-13-24(11-12-26)10-9-16(15)17/h6-8,26H,5,9-13H2,1-4H3,(H,21,27). The molecular weight excluding hydrogens is 342 g/mol. The molecule has 0 saturated heterocycles. The van der Waals surface area contributed by atoms with E-state index in [1.165, 1.54) is 11.1 Å². The Morgan fingerprint density at radius 1 is 1.37 bits per heavy atom. The number of aromatic nitrogens is 3. The number of benzene rings is 1. The number of aliphatic hydroxyl groups excluding tert-OH is 1. The van der Waals surface area contributed by atoms with Gasteiger partial charge in [-0.1, -0.05) is 24.3 Å². The molecule has 2 heterocycles. The summed E-state index contributed by atoms with van der Waals surface area (Å²) in [6.45, 7) is 10.5. The molecule has 2 N–H and O–H groups in total. The maximum atomic E-state index is 12.6. The van der Waals surface area contributed by atoms with Crippen LogP contribution in [0.5, 0.6) is 0 Å². The molecule has 0 saturated carbocycles. The van der Waals surface area contributed by atoms with Crippen molar-refractivity contribution >= 4 is 5.91 Å². The highest BCUT2D eigenvalue weighted by atomic mass is 16.3. The van der Waals surface area contributed by atoms with E-state index in [4.69, 9.17) is 0 Å². The summed E-state index contributed by atoms with van der Waals surface area (Å²) in [5, 5.41) is 20.7. The SMILES string of the molecule is CCC(C)(C)NC(=O)c1nnn(-c2cccc3c2CCN(CCO)C3)c1C. The van der Waals surface area contributed by atoms with Crippen LogP contribution in [0.2, 0.25) is 0 Å². The fourth-order valence-corrected chi connectivity index (χ4v) is 3.40. The molecule has 27 heavy (non-hydrogen) atoms. The van der Waals surface area contributed by atoms with Crippen molar-refractivity contribution in [3.8, 4) is 5.69 Å². The summed E-state index contributed by atoms with van der Waals surface area (Å²) < 4.78 is 1.77. The van der Waals surface area contributed by atoms with Gasteiger partial charge in [0.25, 0.3) is 5.91 Å². The number of carbonyl (C=O) groups is 1. The predicted molar refractivity (Wildman–Crippen MR) is 104 cm³/mol. The highest BCUT2D eigenvalue weighted by Crippen LogP contribution is 2.26. The van der Waals surface area contributed by atoms with Gasteiger partial charge in [-0.15, -0.1) is 5.10 Å². The lowest BCUT2D eigenvalue weighted by Crippen LogP contribution is -2.43. The Morgan fingerprint density at radius 2 is 2.15 bits per heavy atom. The van der Waals surface area contributed by atoms with E-state index in [0.29, 0.717) is 12.2 Å². The van der Waals surface area contributed by atoms with Crippen LogP contribution in [0.1, 0.15) is 54.5 Å². The van der Waals surface area contributed by atoms with Crippen LogP contribution in [-0.4, -0.2) is 56.1 Å². The molecule has 7 nitrogen and oxygen atoms in total. The van der Waals surface area contributed by atoms with Gasteiger partial charge in [0.1, 0.15) is 0 Å². The second-order valence-corrected chi connectivity index (χ2v) is 7.79. The van der Waals surface area contributed by atoms with Crippen LogP contribution >= 0.6 is 0 Å². The van der Waals surface area contributed by atoms with E-state index in [2.05, 4.69) is 26.6 Å². The van der Waals surface area contributed by atoms with Gasteiger partial charge in [0.05, 0.1) is 18.0 Å². The largest absolute Gasteiger partial charge is 0.395 e. The summed E-state index contributed by atoms with van der Waals surface area (Å²) in [6.07, 6.45) is 1.72. The van der Waals surface area contributed by atoms with E-state index in [9.17, 15) is 9.90 Å². The summed E-state index contributed by atoms with van der Waals surface area (Å²) in [5.41, 5.74) is 4.28. The molecule has 1 aromatic carbocycles.